The smallest absolute Gasteiger partial charge is 0.411 e. The number of nitrogens with one attached hydrogen (secondary N) is 2. The molecule has 0 aromatic heterocycles. The number of likely N-dealkylation sites (tertiary alicyclic amines) is 2. The quantitative estimate of drug-likeness (QED) is 0.346. The third kappa shape index (κ3) is 7.12. The van der Waals surface area contributed by atoms with Gasteiger partial charge in [-0.05, 0) is 98.8 Å². The van der Waals surface area contributed by atoms with E-state index in [-0.39, 0.29) is 25.1 Å². The number of benzene rings is 2. The van der Waals surface area contributed by atoms with Gasteiger partial charge in [-0.25, -0.2) is 9.59 Å². The van der Waals surface area contributed by atoms with Gasteiger partial charge in [-0.3, -0.25) is 9.80 Å². The summed E-state index contributed by atoms with van der Waals surface area (Å²) in [7, 11) is 0. The highest BCUT2D eigenvalue weighted by Gasteiger charge is 2.52. The zero-order valence-electron chi connectivity index (χ0n) is 25.7. The molecule has 3 amide bonds. The summed E-state index contributed by atoms with van der Waals surface area (Å²) in [4.78, 5) is 46.0. The van der Waals surface area contributed by atoms with E-state index in [0.29, 0.717) is 53.4 Å². The molecule has 0 bridgehead atoms. The number of nitrogens with zero attached hydrogens (tertiary/aromatic N) is 3. The molecule has 0 unspecified atom stereocenters. The Hall–Kier alpha value is -2.85. The van der Waals surface area contributed by atoms with Gasteiger partial charge in [0.05, 0.1) is 0 Å². The molecule has 4 aliphatic heterocycles. The van der Waals surface area contributed by atoms with Crippen molar-refractivity contribution in [2.45, 2.75) is 69.7 Å². The molecule has 6 rings (SSSR count). The van der Waals surface area contributed by atoms with Crippen LogP contribution in [0, 0.1) is 11.8 Å². The molecule has 242 valence electrons. The zero-order chi connectivity index (χ0) is 31.4. The maximum Gasteiger partial charge on any atom is 0.411 e. The molecule has 0 spiro atoms. The van der Waals surface area contributed by atoms with Crippen LogP contribution in [0.4, 0.5) is 15.3 Å². The first-order valence-electron chi connectivity index (χ1n) is 16.3. The number of para-hydroxylation sites is 1. The third-order valence-electron chi connectivity index (χ3n) is 10.4. The third-order valence-corrected chi connectivity index (χ3v) is 10.9. The molecule has 2 N–H and O–H groups in total. The van der Waals surface area contributed by atoms with Crippen LogP contribution in [-0.4, -0.2) is 84.1 Å². The number of anilines is 1. The van der Waals surface area contributed by atoms with Crippen LogP contribution >= 0.6 is 23.2 Å². The second kappa shape index (κ2) is 14.3. The number of piperidine rings is 3. The largest absolute Gasteiger partial charge is 0.444 e. The standard InChI is InChI=1S/C34H43Cl2N5O4/c35-28-19-24(20-29(36)21-28)23-45-33(44)41-17-10-30(40-16-9-27-3-1-2-4-31(27)38-32(40)43)22-34(41,11-18-42)39-14-7-26(8-15-39)25-5-12-37-13-6-25/h1-4,18-21,25-26,30,37H,5-17,22-23H2,(H,38,43)/t30-,34+/m1/s1. The summed E-state index contributed by atoms with van der Waals surface area (Å²) in [6, 6.07) is 12.7. The summed E-state index contributed by atoms with van der Waals surface area (Å²) in [6.45, 7) is 4.69. The number of hydrogen-bond acceptors (Lipinski definition) is 6. The summed E-state index contributed by atoms with van der Waals surface area (Å²) in [5.74, 6) is 1.35. The van der Waals surface area contributed by atoms with Gasteiger partial charge in [-0.15, -0.1) is 0 Å². The number of hydrogen-bond donors (Lipinski definition) is 2. The van der Waals surface area contributed by atoms with E-state index in [9.17, 15) is 14.4 Å². The fraction of sp³-hybridized carbons (Fsp3) is 0.559. The number of aldehydes is 1. The van der Waals surface area contributed by atoms with Crippen LogP contribution in [0.1, 0.15) is 56.1 Å². The molecule has 2 atom stereocenters. The van der Waals surface area contributed by atoms with Crippen molar-refractivity contribution in [3.8, 4) is 0 Å². The van der Waals surface area contributed by atoms with Crippen molar-refractivity contribution in [1.82, 2.24) is 20.0 Å². The normalized spacial score (nSPS) is 25.3. The number of halogens is 2. The molecule has 4 aliphatic rings. The van der Waals surface area contributed by atoms with Gasteiger partial charge >= 0.3 is 12.1 Å². The summed E-state index contributed by atoms with van der Waals surface area (Å²) < 4.78 is 5.88. The molecule has 9 nitrogen and oxygen atoms in total. The molecular formula is C34H43Cl2N5O4. The molecule has 0 aliphatic carbocycles. The second-order valence-electron chi connectivity index (χ2n) is 12.9. The molecule has 3 fully saturated rings. The average molecular weight is 657 g/mol. The van der Waals surface area contributed by atoms with Crippen molar-refractivity contribution >= 4 is 47.3 Å². The van der Waals surface area contributed by atoms with Crippen LogP contribution in [0.2, 0.25) is 10.0 Å². The maximum atomic E-state index is 13.9. The summed E-state index contributed by atoms with van der Waals surface area (Å²) >= 11 is 12.4. The lowest BCUT2D eigenvalue weighted by Crippen LogP contribution is -2.69. The Balaban J connectivity index is 1.24. The SMILES string of the molecule is O=CC[C@@]1(N2CCC(C3CCNCC3)CC2)C[C@H](N2CCc3ccccc3NC2=O)CCN1C(=O)OCc1cc(Cl)cc(Cl)c1. The summed E-state index contributed by atoms with van der Waals surface area (Å²) in [5, 5.41) is 7.52. The lowest BCUT2D eigenvalue weighted by atomic mass is 9.77. The topological polar surface area (TPSA) is 94.2 Å². The highest BCUT2D eigenvalue weighted by Crippen LogP contribution is 2.41. The van der Waals surface area contributed by atoms with E-state index in [4.69, 9.17) is 27.9 Å². The Morgan fingerprint density at radius 2 is 1.67 bits per heavy atom. The highest BCUT2D eigenvalue weighted by molar-refractivity contribution is 6.34. The Morgan fingerprint density at radius 3 is 2.40 bits per heavy atom. The van der Waals surface area contributed by atoms with Gasteiger partial charge in [-0.1, -0.05) is 41.4 Å². The second-order valence-corrected chi connectivity index (χ2v) is 13.8. The molecule has 0 radical (unpaired) electrons. The van der Waals surface area contributed by atoms with Gasteiger partial charge in [0.1, 0.15) is 18.6 Å². The van der Waals surface area contributed by atoms with Crippen LogP contribution in [0.3, 0.4) is 0 Å². The van der Waals surface area contributed by atoms with E-state index in [1.165, 1.54) is 12.8 Å². The number of ether oxygens (including phenoxy) is 1. The Labute approximate surface area is 275 Å². The number of carbonyl (C=O) groups is 3. The molecule has 3 saturated heterocycles. The minimum absolute atomic E-state index is 0.0147. The number of rotatable bonds is 7. The minimum Gasteiger partial charge on any atom is -0.444 e. The highest BCUT2D eigenvalue weighted by atomic mass is 35.5. The molecule has 0 saturated carbocycles. The van der Waals surface area contributed by atoms with Crippen LogP contribution in [0.25, 0.3) is 0 Å². The number of amides is 3. The zero-order valence-corrected chi connectivity index (χ0v) is 27.2. The van der Waals surface area contributed by atoms with Crippen molar-refractivity contribution in [3.63, 3.8) is 0 Å². The van der Waals surface area contributed by atoms with Crippen molar-refractivity contribution in [2.75, 3.05) is 44.6 Å². The van der Waals surface area contributed by atoms with Gasteiger partial charge in [0.15, 0.2) is 0 Å². The summed E-state index contributed by atoms with van der Waals surface area (Å²) in [5.41, 5.74) is 1.74. The lowest BCUT2D eigenvalue weighted by Gasteiger charge is -2.56. The molecule has 4 heterocycles. The average Bonchev–Trinajstić information content (AvgIpc) is 3.22. The van der Waals surface area contributed by atoms with Crippen LogP contribution in [0.5, 0.6) is 0 Å². The fourth-order valence-electron chi connectivity index (χ4n) is 8.12. The number of carbonyl (C=O) groups excluding carboxylic acids is 3. The van der Waals surface area contributed by atoms with Gasteiger partial charge < -0.3 is 25.1 Å². The fourth-order valence-corrected chi connectivity index (χ4v) is 8.69. The number of urea groups is 1. The first-order chi connectivity index (χ1) is 21.9. The first-order valence-corrected chi connectivity index (χ1v) is 17.1. The lowest BCUT2D eigenvalue weighted by molar-refractivity contribution is -0.128. The van der Waals surface area contributed by atoms with Crippen molar-refractivity contribution in [2.24, 2.45) is 11.8 Å². The van der Waals surface area contributed by atoms with Crippen LogP contribution < -0.4 is 10.6 Å². The van der Waals surface area contributed by atoms with E-state index in [1.807, 2.05) is 29.2 Å². The van der Waals surface area contributed by atoms with Crippen LogP contribution in [0.15, 0.2) is 42.5 Å². The molecule has 11 heteroatoms. The summed E-state index contributed by atoms with van der Waals surface area (Å²) in [6.07, 6.45) is 6.86. The molecular weight excluding hydrogens is 613 g/mol. The van der Waals surface area contributed by atoms with E-state index < -0.39 is 11.8 Å². The van der Waals surface area contributed by atoms with Crippen LogP contribution in [-0.2, 0) is 22.6 Å². The molecule has 2 aromatic rings. The molecule has 2 aromatic carbocycles. The monoisotopic (exact) mass is 655 g/mol. The first kappa shape index (κ1) is 32.1. The maximum absolute atomic E-state index is 13.9. The van der Waals surface area contributed by atoms with E-state index in [2.05, 4.69) is 15.5 Å². The van der Waals surface area contributed by atoms with E-state index in [1.54, 1.807) is 23.1 Å². The van der Waals surface area contributed by atoms with E-state index >= 15 is 0 Å². The van der Waals surface area contributed by atoms with Gasteiger partial charge in [0.25, 0.3) is 0 Å². The van der Waals surface area contributed by atoms with Gasteiger partial charge in [0.2, 0.25) is 0 Å². The Kier molecular flexibility index (Phi) is 10.2. The van der Waals surface area contributed by atoms with E-state index in [0.717, 1.165) is 63.0 Å². The predicted molar refractivity (Wildman–Crippen MR) is 176 cm³/mol. The minimum atomic E-state index is -0.897. The Morgan fingerprint density at radius 1 is 0.956 bits per heavy atom. The van der Waals surface area contributed by atoms with Crippen molar-refractivity contribution in [1.29, 1.82) is 0 Å². The van der Waals surface area contributed by atoms with Gasteiger partial charge in [-0.2, -0.15) is 0 Å². The number of fused-ring (bicyclic) bond motifs is 1. The molecule has 45 heavy (non-hydrogen) atoms. The van der Waals surface area contributed by atoms with Gasteiger partial charge in [0, 0.05) is 60.8 Å². The van der Waals surface area contributed by atoms with Crippen molar-refractivity contribution < 1.29 is 19.1 Å². The predicted octanol–water partition coefficient (Wildman–Crippen LogP) is 6.18. The van der Waals surface area contributed by atoms with Crippen molar-refractivity contribution in [3.05, 3.63) is 63.6 Å². The Bertz CT molecular complexity index is 1360.